The predicted molar refractivity (Wildman–Crippen MR) is 73.7 cm³/mol. The highest BCUT2D eigenvalue weighted by atomic mass is 32.2. The van der Waals surface area contributed by atoms with Gasteiger partial charge in [-0.3, -0.25) is 4.68 Å². The van der Waals surface area contributed by atoms with E-state index >= 15 is 0 Å². The van der Waals surface area contributed by atoms with E-state index in [2.05, 4.69) is 10.4 Å². The molecule has 5 nitrogen and oxygen atoms in total. The van der Waals surface area contributed by atoms with E-state index < -0.39 is 9.84 Å². The molecule has 0 aliphatic carbocycles. The van der Waals surface area contributed by atoms with Crippen molar-refractivity contribution in [2.24, 2.45) is 7.05 Å². The Morgan fingerprint density at radius 1 is 1.32 bits per heavy atom. The van der Waals surface area contributed by atoms with Gasteiger partial charge in [0.2, 0.25) is 0 Å². The highest BCUT2D eigenvalue weighted by Gasteiger charge is 2.16. The maximum Gasteiger partial charge on any atom is 0.175 e. The third-order valence-corrected chi connectivity index (χ3v) is 4.05. The number of benzene rings is 1. The first-order valence-electron chi connectivity index (χ1n) is 5.88. The van der Waals surface area contributed by atoms with Crippen LogP contribution in [0.4, 0.5) is 0 Å². The van der Waals surface area contributed by atoms with Crippen LogP contribution in [0.25, 0.3) is 0 Å². The molecule has 2 rings (SSSR count). The molecule has 1 heterocycles. The summed E-state index contributed by atoms with van der Waals surface area (Å²) in [7, 11) is 0.479. The second-order valence-corrected chi connectivity index (χ2v) is 6.50. The van der Waals surface area contributed by atoms with Gasteiger partial charge < -0.3 is 5.32 Å². The first-order valence-corrected chi connectivity index (χ1v) is 7.78. The maximum absolute atomic E-state index is 11.6. The fraction of sp³-hybridized carbons (Fsp3) is 0.308. The van der Waals surface area contributed by atoms with Gasteiger partial charge in [-0.15, -0.1) is 0 Å². The summed E-state index contributed by atoms with van der Waals surface area (Å²) in [5, 5.41) is 7.51. The van der Waals surface area contributed by atoms with E-state index in [1.165, 1.54) is 6.26 Å². The minimum Gasteiger partial charge on any atom is -0.308 e. The molecule has 0 bridgehead atoms. The van der Waals surface area contributed by atoms with Crippen LogP contribution in [-0.4, -0.2) is 31.5 Å². The number of hydrogen-bond acceptors (Lipinski definition) is 4. The van der Waals surface area contributed by atoms with Crippen molar-refractivity contribution >= 4 is 9.84 Å². The summed E-state index contributed by atoms with van der Waals surface area (Å²) < 4.78 is 24.9. The Hall–Kier alpha value is -1.66. The van der Waals surface area contributed by atoms with Crippen LogP contribution in [0.5, 0.6) is 0 Å². The molecule has 1 aromatic carbocycles. The lowest BCUT2D eigenvalue weighted by Gasteiger charge is -2.15. The zero-order valence-corrected chi connectivity index (χ0v) is 12.0. The molecule has 1 aromatic heterocycles. The summed E-state index contributed by atoms with van der Waals surface area (Å²) in [6, 6.07) is 8.72. The van der Waals surface area contributed by atoms with Gasteiger partial charge in [-0.25, -0.2) is 8.42 Å². The Morgan fingerprint density at radius 2 is 2.05 bits per heavy atom. The monoisotopic (exact) mass is 279 g/mol. The minimum absolute atomic E-state index is 0.122. The second kappa shape index (κ2) is 5.14. The molecule has 0 saturated heterocycles. The minimum atomic E-state index is -3.20. The molecule has 0 amide bonds. The number of hydrogen-bond donors (Lipinski definition) is 1. The van der Waals surface area contributed by atoms with Crippen molar-refractivity contribution in [3.05, 3.63) is 47.8 Å². The molecule has 1 unspecified atom stereocenters. The van der Waals surface area contributed by atoms with Crippen molar-refractivity contribution in [3.63, 3.8) is 0 Å². The summed E-state index contributed by atoms with van der Waals surface area (Å²) in [5.41, 5.74) is 1.74. The highest BCUT2D eigenvalue weighted by Crippen LogP contribution is 2.22. The number of aryl methyl sites for hydroxylation is 1. The Morgan fingerprint density at radius 3 is 2.58 bits per heavy atom. The van der Waals surface area contributed by atoms with E-state index in [0.717, 1.165) is 11.3 Å². The topological polar surface area (TPSA) is 64.0 Å². The van der Waals surface area contributed by atoms with Crippen LogP contribution in [0.1, 0.15) is 17.3 Å². The zero-order valence-electron chi connectivity index (χ0n) is 11.2. The molecular weight excluding hydrogens is 262 g/mol. The van der Waals surface area contributed by atoms with Crippen LogP contribution >= 0.6 is 0 Å². The third-order valence-electron chi connectivity index (χ3n) is 2.94. The molecule has 0 saturated carbocycles. The molecule has 19 heavy (non-hydrogen) atoms. The summed E-state index contributed by atoms with van der Waals surface area (Å²) in [4.78, 5) is 0.321. The van der Waals surface area contributed by atoms with Crippen LogP contribution < -0.4 is 5.32 Å². The van der Waals surface area contributed by atoms with E-state index in [9.17, 15) is 8.42 Å². The zero-order chi connectivity index (χ0) is 14.0. The standard InChI is InChI=1S/C13H17N3O2S/c1-14-13(12-7-8-16(2)15-12)10-5-4-6-11(9-10)19(3,17)18/h4-9,13-14H,1-3H3. The van der Waals surface area contributed by atoms with E-state index in [0.29, 0.717) is 4.90 Å². The fourth-order valence-corrected chi connectivity index (χ4v) is 2.67. The molecule has 0 radical (unpaired) electrons. The Kier molecular flexibility index (Phi) is 3.73. The lowest BCUT2D eigenvalue weighted by Crippen LogP contribution is -2.18. The SMILES string of the molecule is CNC(c1cccc(S(C)(=O)=O)c1)c1ccn(C)n1. The van der Waals surface area contributed by atoms with Crippen molar-refractivity contribution in [1.82, 2.24) is 15.1 Å². The summed E-state index contributed by atoms with van der Waals surface area (Å²) >= 11 is 0. The van der Waals surface area contributed by atoms with Crippen LogP contribution in [0.3, 0.4) is 0 Å². The Balaban J connectivity index is 2.45. The highest BCUT2D eigenvalue weighted by molar-refractivity contribution is 7.90. The van der Waals surface area contributed by atoms with Crippen LogP contribution in [0.2, 0.25) is 0 Å². The van der Waals surface area contributed by atoms with Gasteiger partial charge in [0.05, 0.1) is 16.6 Å². The van der Waals surface area contributed by atoms with Crippen molar-refractivity contribution in [1.29, 1.82) is 0 Å². The van der Waals surface area contributed by atoms with Gasteiger partial charge in [-0.2, -0.15) is 5.10 Å². The van der Waals surface area contributed by atoms with Gasteiger partial charge in [0.1, 0.15) is 0 Å². The number of nitrogens with zero attached hydrogens (tertiary/aromatic N) is 2. The normalized spacial score (nSPS) is 13.4. The Labute approximate surface area is 113 Å². The van der Waals surface area contributed by atoms with Gasteiger partial charge in [0.15, 0.2) is 9.84 Å². The number of nitrogens with one attached hydrogen (secondary N) is 1. The average molecular weight is 279 g/mol. The number of rotatable bonds is 4. The van der Waals surface area contributed by atoms with Crippen molar-refractivity contribution in [3.8, 4) is 0 Å². The van der Waals surface area contributed by atoms with Gasteiger partial charge in [-0.1, -0.05) is 12.1 Å². The molecule has 0 aliphatic rings. The van der Waals surface area contributed by atoms with Crippen molar-refractivity contribution in [2.45, 2.75) is 10.9 Å². The van der Waals surface area contributed by atoms with Crippen molar-refractivity contribution < 1.29 is 8.42 Å². The molecular formula is C13H17N3O2S. The largest absolute Gasteiger partial charge is 0.308 e. The summed E-state index contributed by atoms with van der Waals surface area (Å²) in [5.74, 6) is 0. The molecule has 0 aliphatic heterocycles. The van der Waals surface area contributed by atoms with Gasteiger partial charge in [0, 0.05) is 19.5 Å². The molecule has 2 aromatic rings. The van der Waals surface area contributed by atoms with Gasteiger partial charge in [-0.05, 0) is 30.8 Å². The smallest absolute Gasteiger partial charge is 0.175 e. The van der Waals surface area contributed by atoms with Crippen LogP contribution in [0.15, 0.2) is 41.4 Å². The molecule has 102 valence electrons. The Bertz CT molecular complexity index is 677. The average Bonchev–Trinajstić information content (AvgIpc) is 2.76. The van der Waals surface area contributed by atoms with Gasteiger partial charge >= 0.3 is 0 Å². The van der Waals surface area contributed by atoms with Gasteiger partial charge in [0.25, 0.3) is 0 Å². The maximum atomic E-state index is 11.6. The van der Waals surface area contributed by atoms with Crippen LogP contribution in [-0.2, 0) is 16.9 Å². The quantitative estimate of drug-likeness (QED) is 0.911. The summed E-state index contributed by atoms with van der Waals surface area (Å²) in [6.07, 6.45) is 3.07. The summed E-state index contributed by atoms with van der Waals surface area (Å²) in [6.45, 7) is 0. The fourth-order valence-electron chi connectivity index (χ4n) is 2.00. The molecule has 6 heteroatoms. The van der Waals surface area contributed by atoms with Crippen molar-refractivity contribution in [2.75, 3.05) is 13.3 Å². The lowest BCUT2D eigenvalue weighted by atomic mass is 10.0. The van der Waals surface area contributed by atoms with E-state index in [4.69, 9.17) is 0 Å². The first-order chi connectivity index (χ1) is 8.91. The molecule has 1 N–H and O–H groups in total. The first kappa shape index (κ1) is 13.8. The predicted octanol–water partition coefficient (Wildman–Crippen LogP) is 1.13. The van der Waals surface area contributed by atoms with E-state index in [-0.39, 0.29) is 6.04 Å². The van der Waals surface area contributed by atoms with Crippen LogP contribution in [0, 0.1) is 0 Å². The molecule has 0 spiro atoms. The number of aromatic nitrogens is 2. The molecule has 0 fully saturated rings. The third kappa shape index (κ3) is 3.02. The van der Waals surface area contributed by atoms with E-state index in [1.54, 1.807) is 22.9 Å². The van der Waals surface area contributed by atoms with E-state index in [1.807, 2.05) is 32.4 Å². The second-order valence-electron chi connectivity index (χ2n) is 4.48. The number of sulfone groups is 1. The molecule has 1 atom stereocenters. The lowest BCUT2D eigenvalue weighted by molar-refractivity contribution is 0.600.